The van der Waals surface area contributed by atoms with Crippen LogP contribution < -0.4 is 0 Å². The summed E-state index contributed by atoms with van der Waals surface area (Å²) >= 11 is 0. The summed E-state index contributed by atoms with van der Waals surface area (Å²) in [7, 11) is 0. The summed E-state index contributed by atoms with van der Waals surface area (Å²) in [5.74, 6) is -0.832. The summed E-state index contributed by atoms with van der Waals surface area (Å²) in [6.07, 6.45) is 7.02. The first-order chi connectivity index (χ1) is 18.0. The van der Waals surface area contributed by atoms with Crippen LogP contribution in [0.3, 0.4) is 0 Å². The van der Waals surface area contributed by atoms with Crippen molar-refractivity contribution in [3.05, 3.63) is 47.5 Å². The van der Waals surface area contributed by atoms with Crippen molar-refractivity contribution in [2.75, 3.05) is 0 Å². The summed E-state index contributed by atoms with van der Waals surface area (Å²) in [4.78, 5) is 25.3. The zero-order valence-corrected chi connectivity index (χ0v) is 20.0. The van der Waals surface area contributed by atoms with Gasteiger partial charge in [0.1, 0.15) is 23.0 Å². The minimum absolute atomic E-state index is 0.00635. The number of aliphatic carboxylic acids is 1. The quantitative estimate of drug-likeness (QED) is 0.355. The van der Waals surface area contributed by atoms with E-state index in [1.807, 2.05) is 6.07 Å². The Morgan fingerprint density at radius 2 is 1.86 bits per heavy atom. The van der Waals surface area contributed by atoms with Crippen LogP contribution >= 0.6 is 0 Å². The molecule has 190 valence electrons. The molecule has 0 aromatic carbocycles. The van der Waals surface area contributed by atoms with Crippen LogP contribution in [0.15, 0.2) is 28.8 Å². The highest BCUT2D eigenvalue weighted by atomic mass is 19.1. The molecule has 4 aliphatic rings. The first kappa shape index (κ1) is 22.5. The summed E-state index contributed by atoms with van der Waals surface area (Å²) in [6.45, 7) is 0. The van der Waals surface area contributed by atoms with E-state index in [2.05, 4.69) is 25.1 Å². The number of H-pyrrole nitrogens is 1. The monoisotopic (exact) mass is 505 g/mol. The summed E-state index contributed by atoms with van der Waals surface area (Å²) < 4.78 is 36.1. The molecule has 2 atom stereocenters. The van der Waals surface area contributed by atoms with Crippen molar-refractivity contribution in [2.45, 2.75) is 50.9 Å². The average molecular weight is 506 g/mol. The SMILES string of the molecule is O=C(O)[C@H]1C2CCC(CC2)[C@@H]1Cc1nc(-c2[nH]nc3ncc(F)cc23)nc(-c2ccc(C3CC3)o2)c1F. The molecule has 0 saturated heterocycles. The van der Waals surface area contributed by atoms with E-state index in [0.717, 1.165) is 50.5 Å². The van der Waals surface area contributed by atoms with Crippen LogP contribution in [0.25, 0.3) is 34.0 Å². The molecular formula is C27H25F2N5O3. The second-order valence-corrected chi connectivity index (χ2v) is 10.7. The minimum Gasteiger partial charge on any atom is -0.481 e. The van der Waals surface area contributed by atoms with Crippen molar-refractivity contribution in [1.29, 1.82) is 0 Å². The molecule has 0 aliphatic heterocycles. The Morgan fingerprint density at radius 1 is 1.08 bits per heavy atom. The second-order valence-electron chi connectivity index (χ2n) is 10.7. The Hall–Kier alpha value is -3.69. The van der Waals surface area contributed by atoms with E-state index in [9.17, 15) is 14.3 Å². The average Bonchev–Trinajstić information content (AvgIpc) is 3.48. The highest BCUT2D eigenvalue weighted by Gasteiger charge is 2.47. The molecule has 10 heteroatoms. The molecule has 8 nitrogen and oxygen atoms in total. The molecule has 4 aliphatic carbocycles. The lowest BCUT2D eigenvalue weighted by Gasteiger charge is -2.46. The number of hydrogen-bond donors (Lipinski definition) is 2. The molecule has 0 spiro atoms. The number of nitrogens with zero attached hydrogens (tertiary/aromatic N) is 4. The molecule has 4 aromatic heterocycles. The number of carboxylic acid groups (broad SMARTS) is 1. The van der Waals surface area contributed by atoms with Crippen LogP contribution in [-0.2, 0) is 11.2 Å². The smallest absolute Gasteiger partial charge is 0.307 e. The van der Waals surface area contributed by atoms with Crippen molar-refractivity contribution in [1.82, 2.24) is 25.1 Å². The normalized spacial score (nSPS) is 25.1. The van der Waals surface area contributed by atoms with Crippen LogP contribution in [0.2, 0.25) is 0 Å². The minimum atomic E-state index is -0.824. The Bertz CT molecular complexity index is 1520. The summed E-state index contributed by atoms with van der Waals surface area (Å²) in [5, 5.41) is 17.4. The van der Waals surface area contributed by atoms with Gasteiger partial charge in [-0.25, -0.2) is 23.7 Å². The fourth-order valence-electron chi connectivity index (χ4n) is 6.49. The van der Waals surface area contributed by atoms with Gasteiger partial charge in [-0.3, -0.25) is 9.89 Å². The predicted octanol–water partition coefficient (Wildman–Crippen LogP) is 5.51. The highest BCUT2D eigenvalue weighted by molar-refractivity contribution is 5.88. The molecule has 4 saturated carbocycles. The third-order valence-electron chi connectivity index (χ3n) is 8.46. The fraction of sp³-hybridized carbons (Fsp3) is 0.444. The van der Waals surface area contributed by atoms with E-state index in [0.29, 0.717) is 17.0 Å². The number of aromatic nitrogens is 5. The summed E-state index contributed by atoms with van der Waals surface area (Å²) in [6, 6.07) is 4.84. The zero-order chi connectivity index (χ0) is 25.3. The van der Waals surface area contributed by atoms with E-state index in [-0.39, 0.29) is 52.8 Å². The standard InChI is InChI=1S/C27H25F2N5O3/c28-15-9-17-23(33-34-25(17)30-11-15)26-31-18(10-16-12-1-5-14(6-2-12)21(16)27(35)36)22(29)24(32-26)20-8-7-19(37-20)13-3-4-13/h7-9,11-14,16,21H,1-6,10H2,(H,35,36)(H,30,33,34)/t12?,14?,16-,21-/m0/s1. The van der Waals surface area contributed by atoms with Gasteiger partial charge < -0.3 is 9.52 Å². The lowest BCUT2D eigenvalue weighted by atomic mass is 9.57. The van der Waals surface area contributed by atoms with Crippen LogP contribution in [0, 0.1) is 35.3 Å². The van der Waals surface area contributed by atoms with E-state index in [1.54, 1.807) is 6.07 Å². The van der Waals surface area contributed by atoms with Crippen LogP contribution in [0.5, 0.6) is 0 Å². The van der Waals surface area contributed by atoms with Gasteiger partial charge in [0.15, 0.2) is 23.0 Å². The van der Waals surface area contributed by atoms with E-state index in [1.165, 1.54) is 6.07 Å². The van der Waals surface area contributed by atoms with Gasteiger partial charge in [-0.1, -0.05) is 0 Å². The van der Waals surface area contributed by atoms with Gasteiger partial charge in [0.25, 0.3) is 0 Å². The van der Waals surface area contributed by atoms with Gasteiger partial charge in [-0.15, -0.1) is 0 Å². The van der Waals surface area contributed by atoms with Crippen LogP contribution in [0.4, 0.5) is 8.78 Å². The van der Waals surface area contributed by atoms with Crippen LogP contribution in [0.1, 0.15) is 55.9 Å². The molecule has 37 heavy (non-hydrogen) atoms. The van der Waals surface area contributed by atoms with E-state index in [4.69, 9.17) is 4.42 Å². The number of fused-ring (bicyclic) bond motifs is 4. The molecule has 2 N–H and O–H groups in total. The second kappa shape index (κ2) is 8.43. The number of carbonyl (C=O) groups is 1. The van der Waals surface area contributed by atoms with E-state index < -0.39 is 23.5 Å². The topological polar surface area (TPSA) is 118 Å². The van der Waals surface area contributed by atoms with Crippen LogP contribution in [-0.4, -0.2) is 36.2 Å². The number of carboxylic acids is 1. The van der Waals surface area contributed by atoms with E-state index >= 15 is 4.39 Å². The molecule has 2 bridgehead atoms. The highest BCUT2D eigenvalue weighted by Crippen LogP contribution is 2.50. The zero-order valence-electron chi connectivity index (χ0n) is 20.0. The Balaban J connectivity index is 1.36. The molecule has 8 rings (SSSR count). The number of hydrogen-bond acceptors (Lipinski definition) is 6. The maximum Gasteiger partial charge on any atom is 0.307 e. The number of aromatic amines is 1. The Labute approximate surface area is 210 Å². The summed E-state index contributed by atoms with van der Waals surface area (Å²) in [5.41, 5.74) is 0.752. The largest absolute Gasteiger partial charge is 0.481 e. The lowest BCUT2D eigenvalue weighted by Crippen LogP contribution is -2.45. The first-order valence-corrected chi connectivity index (χ1v) is 12.9. The Morgan fingerprint density at radius 3 is 2.62 bits per heavy atom. The molecule has 0 unspecified atom stereocenters. The third-order valence-corrected chi connectivity index (χ3v) is 8.46. The maximum atomic E-state index is 16.1. The van der Waals surface area contributed by atoms with Gasteiger partial charge in [0, 0.05) is 5.92 Å². The van der Waals surface area contributed by atoms with Gasteiger partial charge >= 0.3 is 5.97 Å². The van der Waals surface area contributed by atoms with Gasteiger partial charge in [-0.05, 0) is 80.9 Å². The van der Waals surface area contributed by atoms with Crippen molar-refractivity contribution < 1.29 is 23.1 Å². The molecular weight excluding hydrogens is 480 g/mol. The van der Waals surface area contributed by atoms with Crippen molar-refractivity contribution in [2.24, 2.45) is 23.7 Å². The predicted molar refractivity (Wildman–Crippen MR) is 128 cm³/mol. The molecule has 4 fully saturated rings. The number of pyridine rings is 1. The number of rotatable bonds is 6. The molecule has 0 amide bonds. The maximum absolute atomic E-state index is 16.1. The number of furan rings is 1. The van der Waals surface area contributed by atoms with Gasteiger partial charge in [0.05, 0.1) is 23.2 Å². The lowest BCUT2D eigenvalue weighted by molar-refractivity contribution is -0.152. The fourth-order valence-corrected chi connectivity index (χ4v) is 6.49. The van der Waals surface area contributed by atoms with Crippen molar-refractivity contribution >= 4 is 17.0 Å². The number of halogens is 2. The number of nitrogens with one attached hydrogen (secondary N) is 1. The molecule has 4 aromatic rings. The Kier molecular flexibility index (Phi) is 5.12. The molecule has 4 heterocycles. The van der Waals surface area contributed by atoms with Gasteiger partial charge in [0.2, 0.25) is 0 Å². The van der Waals surface area contributed by atoms with Crippen molar-refractivity contribution in [3.63, 3.8) is 0 Å². The van der Waals surface area contributed by atoms with Crippen molar-refractivity contribution in [3.8, 4) is 23.0 Å². The first-order valence-electron chi connectivity index (χ1n) is 12.9. The third kappa shape index (κ3) is 3.81. The van der Waals surface area contributed by atoms with Gasteiger partial charge in [-0.2, -0.15) is 5.10 Å². The molecule has 0 radical (unpaired) electrons.